The normalized spacial score (nSPS) is 9.72. The summed E-state index contributed by atoms with van der Waals surface area (Å²) in [6, 6.07) is 27.5. The maximum Gasteiger partial charge on any atom is 0.418 e. The molecule has 3 rings (SSSR count). The van der Waals surface area contributed by atoms with Crippen LogP contribution < -0.4 is 14.4 Å². The van der Waals surface area contributed by atoms with Gasteiger partial charge >= 0.3 is 14.3 Å². The van der Waals surface area contributed by atoms with Gasteiger partial charge in [-0.3, -0.25) is 0 Å². The van der Waals surface area contributed by atoms with Gasteiger partial charge in [0.25, 0.3) is 0 Å². The number of ether oxygens (including phenoxy) is 1. The lowest BCUT2D eigenvalue weighted by Crippen LogP contribution is -2.23. The van der Waals surface area contributed by atoms with Crippen molar-refractivity contribution in [2.24, 2.45) is 0 Å². The van der Waals surface area contributed by atoms with E-state index in [0.29, 0.717) is 24.7 Å². The molecular formula is C22H24NO5P. The molecule has 0 aliphatic carbocycles. The van der Waals surface area contributed by atoms with E-state index in [1.165, 1.54) is 0 Å². The first-order valence-corrected chi connectivity index (χ1v) is 10.3. The Labute approximate surface area is 171 Å². The second-order valence-electron chi connectivity index (χ2n) is 5.67. The van der Waals surface area contributed by atoms with Crippen molar-refractivity contribution in [3.05, 3.63) is 96.6 Å². The largest absolute Gasteiger partial charge is 0.445 e. The Hall–Kier alpha value is -3.24. The Balaban J connectivity index is 0.000000212. The molecule has 29 heavy (non-hydrogen) atoms. The number of para-hydroxylation sites is 2. The summed E-state index contributed by atoms with van der Waals surface area (Å²) in [5.41, 5.74) is 0.994. The van der Waals surface area contributed by atoms with Gasteiger partial charge in [0.05, 0.1) is 0 Å². The van der Waals surface area contributed by atoms with Gasteiger partial charge in [0, 0.05) is 6.54 Å². The highest BCUT2D eigenvalue weighted by molar-refractivity contribution is 7.34. The number of hydrogen-bond acceptors (Lipinski definition) is 5. The molecule has 1 amide bonds. The van der Waals surface area contributed by atoms with E-state index in [1.807, 2.05) is 73.7 Å². The summed E-state index contributed by atoms with van der Waals surface area (Å²) in [7, 11) is -2.54. The van der Waals surface area contributed by atoms with Crippen molar-refractivity contribution in [1.82, 2.24) is 5.32 Å². The molecule has 0 fully saturated rings. The first-order valence-electron chi connectivity index (χ1n) is 9.11. The van der Waals surface area contributed by atoms with Crippen LogP contribution in [0, 0.1) is 0 Å². The summed E-state index contributed by atoms with van der Waals surface area (Å²) in [6.45, 7) is 2.77. The van der Waals surface area contributed by atoms with Crippen molar-refractivity contribution < 1.29 is 23.1 Å². The van der Waals surface area contributed by atoms with E-state index in [-0.39, 0.29) is 6.09 Å². The molecule has 1 N–H and O–H groups in total. The van der Waals surface area contributed by atoms with Gasteiger partial charge in [-0.2, -0.15) is 0 Å². The molecule has 0 unspecified atom stereocenters. The highest BCUT2D eigenvalue weighted by Gasteiger charge is 2.02. The van der Waals surface area contributed by atoms with E-state index >= 15 is 0 Å². The molecular weight excluding hydrogens is 389 g/mol. The van der Waals surface area contributed by atoms with Crippen LogP contribution in [0.2, 0.25) is 0 Å². The van der Waals surface area contributed by atoms with Crippen LogP contribution in [-0.2, 0) is 15.9 Å². The Morgan fingerprint density at radius 2 is 1.24 bits per heavy atom. The Morgan fingerprint density at radius 1 is 0.793 bits per heavy atom. The number of hydrogen-bond donors (Lipinski definition) is 1. The van der Waals surface area contributed by atoms with Crippen molar-refractivity contribution in [2.75, 3.05) is 6.54 Å². The van der Waals surface area contributed by atoms with E-state index in [2.05, 4.69) is 5.32 Å². The third-order valence-electron chi connectivity index (χ3n) is 3.42. The summed E-state index contributed by atoms with van der Waals surface area (Å²) in [5.74, 6) is 1.09. The lowest BCUT2D eigenvalue weighted by atomic mass is 10.2. The van der Waals surface area contributed by atoms with Gasteiger partial charge in [-0.15, -0.1) is 0 Å². The lowest BCUT2D eigenvalue weighted by Gasteiger charge is -2.07. The van der Waals surface area contributed by atoms with Gasteiger partial charge in [0.15, 0.2) is 0 Å². The minimum Gasteiger partial charge on any atom is -0.445 e. The van der Waals surface area contributed by atoms with Crippen LogP contribution in [0.3, 0.4) is 0 Å². The fourth-order valence-electron chi connectivity index (χ4n) is 2.11. The second kappa shape index (κ2) is 13.0. The summed E-state index contributed by atoms with van der Waals surface area (Å²) in [6.07, 6.45) is -0.369. The third kappa shape index (κ3) is 9.49. The zero-order chi connectivity index (χ0) is 20.7. The van der Waals surface area contributed by atoms with E-state index < -0.39 is 8.25 Å². The number of carbonyl (C=O) groups excluding carboxylic acids is 1. The molecule has 0 heterocycles. The number of carbonyl (C=O) groups is 1. The first-order chi connectivity index (χ1) is 14.2. The van der Waals surface area contributed by atoms with Crippen molar-refractivity contribution in [3.63, 3.8) is 0 Å². The Morgan fingerprint density at radius 3 is 1.69 bits per heavy atom. The molecule has 0 saturated carbocycles. The molecule has 3 aromatic rings. The van der Waals surface area contributed by atoms with E-state index in [9.17, 15) is 9.36 Å². The molecule has 152 valence electrons. The highest BCUT2D eigenvalue weighted by atomic mass is 31.1. The molecule has 3 aromatic carbocycles. The standard InChI is InChI=1S/C12H11O3P.C10H13NO2/c13-16(14-11-7-3-1-4-8-11)15-12-9-5-2-6-10-12;1-2-11-10(12)13-8-9-6-4-3-5-7-9/h1-10,16H;3-7H,2,8H2,1H3,(H,11,12). The average Bonchev–Trinajstić information content (AvgIpc) is 2.75. The quantitative estimate of drug-likeness (QED) is 0.520. The maximum atomic E-state index is 11.5. The number of nitrogens with one attached hydrogen (secondary N) is 1. The van der Waals surface area contributed by atoms with Gasteiger partial charge in [-0.25, -0.2) is 9.36 Å². The molecule has 0 saturated heterocycles. The SMILES string of the molecule is CCNC(=O)OCc1ccccc1.O=[PH](Oc1ccccc1)Oc1ccccc1. The summed E-state index contributed by atoms with van der Waals surface area (Å²) < 4.78 is 26.7. The van der Waals surface area contributed by atoms with Crippen LogP contribution in [0.1, 0.15) is 12.5 Å². The van der Waals surface area contributed by atoms with Crippen molar-refractivity contribution in [3.8, 4) is 11.5 Å². The molecule has 7 heteroatoms. The second-order valence-corrected chi connectivity index (χ2v) is 6.58. The summed E-state index contributed by atoms with van der Waals surface area (Å²) in [5, 5.41) is 2.55. The Bertz CT molecular complexity index is 817. The molecule has 0 atom stereocenters. The zero-order valence-corrected chi connectivity index (χ0v) is 17.1. The zero-order valence-electron chi connectivity index (χ0n) is 16.1. The van der Waals surface area contributed by atoms with E-state index in [4.69, 9.17) is 13.8 Å². The number of amides is 1. The minimum atomic E-state index is -2.54. The smallest absolute Gasteiger partial charge is 0.418 e. The molecule has 0 radical (unpaired) electrons. The summed E-state index contributed by atoms with van der Waals surface area (Å²) >= 11 is 0. The molecule has 0 spiro atoms. The fourth-order valence-corrected chi connectivity index (χ4v) is 2.81. The summed E-state index contributed by atoms with van der Waals surface area (Å²) in [4.78, 5) is 10.9. The number of benzene rings is 3. The maximum absolute atomic E-state index is 11.5. The van der Waals surface area contributed by atoms with Crippen LogP contribution in [0.5, 0.6) is 11.5 Å². The predicted molar refractivity (Wildman–Crippen MR) is 113 cm³/mol. The molecule has 0 bridgehead atoms. The first kappa shape index (κ1) is 22.1. The van der Waals surface area contributed by atoms with Crippen molar-refractivity contribution in [1.29, 1.82) is 0 Å². The van der Waals surface area contributed by atoms with Crippen LogP contribution in [0.25, 0.3) is 0 Å². The van der Waals surface area contributed by atoms with Gasteiger partial charge in [-0.05, 0) is 36.8 Å². The van der Waals surface area contributed by atoms with E-state index in [1.54, 1.807) is 24.3 Å². The van der Waals surface area contributed by atoms with E-state index in [0.717, 1.165) is 5.56 Å². The minimum absolute atomic E-state index is 0.326. The van der Waals surface area contributed by atoms with Gasteiger partial charge in [0.1, 0.15) is 18.1 Å². The van der Waals surface area contributed by atoms with Gasteiger partial charge < -0.3 is 19.1 Å². The van der Waals surface area contributed by atoms with Crippen LogP contribution in [0.15, 0.2) is 91.0 Å². The topological polar surface area (TPSA) is 73.9 Å². The third-order valence-corrected chi connectivity index (χ3v) is 4.23. The molecule has 0 aliphatic rings. The highest BCUT2D eigenvalue weighted by Crippen LogP contribution is 2.29. The number of rotatable bonds is 7. The van der Waals surface area contributed by atoms with Crippen LogP contribution >= 0.6 is 8.25 Å². The monoisotopic (exact) mass is 413 g/mol. The van der Waals surface area contributed by atoms with Gasteiger partial charge in [0.2, 0.25) is 0 Å². The lowest BCUT2D eigenvalue weighted by molar-refractivity contribution is 0.140. The van der Waals surface area contributed by atoms with Crippen LogP contribution in [-0.4, -0.2) is 12.6 Å². The van der Waals surface area contributed by atoms with Gasteiger partial charge in [-0.1, -0.05) is 66.7 Å². The van der Waals surface area contributed by atoms with Crippen LogP contribution in [0.4, 0.5) is 4.79 Å². The molecule has 0 aromatic heterocycles. The average molecular weight is 413 g/mol. The van der Waals surface area contributed by atoms with Crippen molar-refractivity contribution >= 4 is 14.3 Å². The number of alkyl carbamates (subject to hydrolysis) is 1. The predicted octanol–water partition coefficient (Wildman–Crippen LogP) is 5.47. The molecule has 6 nitrogen and oxygen atoms in total. The van der Waals surface area contributed by atoms with Crippen molar-refractivity contribution in [2.45, 2.75) is 13.5 Å². The fraction of sp³-hybridized carbons (Fsp3) is 0.136. The molecule has 0 aliphatic heterocycles. The Kier molecular flexibility index (Phi) is 9.90.